The number of hydrogen-bond donors (Lipinski definition) is 0. The van der Waals surface area contributed by atoms with Crippen LogP contribution in [0.2, 0.25) is 0 Å². The summed E-state index contributed by atoms with van der Waals surface area (Å²) in [6.45, 7) is 5.39. The summed E-state index contributed by atoms with van der Waals surface area (Å²) in [5.74, 6) is 1.23. The van der Waals surface area contributed by atoms with E-state index < -0.39 is 17.7 Å². The van der Waals surface area contributed by atoms with Gasteiger partial charge in [-0.05, 0) is 50.1 Å². The van der Waals surface area contributed by atoms with Crippen molar-refractivity contribution in [2.24, 2.45) is 0 Å². The minimum atomic E-state index is -0.630. The van der Waals surface area contributed by atoms with E-state index in [-0.39, 0.29) is 42.3 Å². The molecule has 0 atom stereocenters. The van der Waals surface area contributed by atoms with Crippen LogP contribution >= 0.6 is 11.3 Å². The van der Waals surface area contributed by atoms with Crippen molar-refractivity contribution >= 4 is 35.1 Å². The van der Waals surface area contributed by atoms with Crippen LogP contribution < -0.4 is 4.74 Å². The van der Waals surface area contributed by atoms with Crippen LogP contribution in [0.4, 0.5) is 0 Å². The van der Waals surface area contributed by atoms with Gasteiger partial charge in [-0.25, -0.2) is 9.59 Å². The van der Waals surface area contributed by atoms with Crippen molar-refractivity contribution in [3.63, 3.8) is 0 Å². The first-order chi connectivity index (χ1) is 15.9. The number of esters is 2. The fourth-order valence-corrected chi connectivity index (χ4v) is 4.11. The molecule has 0 saturated carbocycles. The minimum Gasteiger partial charge on any atom is -0.481 e. The standard InChI is InChI=1S/C25H23NO6S/c1-5-12-32-19-10-8-17(9-11-19)13-18(15-26)20(27)14-21-22(24(28)30-6-2)16(4)23(33-21)25(29)31-7-3/h1,8-11,13H,6-7,12,14H2,2-4H3. The van der Waals surface area contributed by atoms with E-state index in [1.807, 2.05) is 6.07 Å². The Hall–Kier alpha value is -3.88. The summed E-state index contributed by atoms with van der Waals surface area (Å²) in [5, 5.41) is 9.54. The zero-order valence-electron chi connectivity index (χ0n) is 18.6. The van der Waals surface area contributed by atoms with Crippen LogP contribution in [0.5, 0.6) is 5.75 Å². The van der Waals surface area contributed by atoms with Crippen LogP contribution in [0, 0.1) is 30.6 Å². The van der Waals surface area contributed by atoms with E-state index in [4.69, 9.17) is 20.6 Å². The molecule has 1 aromatic carbocycles. The predicted molar refractivity (Wildman–Crippen MR) is 124 cm³/mol. The molecule has 33 heavy (non-hydrogen) atoms. The van der Waals surface area contributed by atoms with Crippen LogP contribution in [0.1, 0.15) is 49.9 Å². The van der Waals surface area contributed by atoms with E-state index in [0.717, 1.165) is 11.3 Å². The lowest BCUT2D eigenvalue weighted by molar-refractivity contribution is -0.114. The Morgan fingerprint density at radius 3 is 2.30 bits per heavy atom. The van der Waals surface area contributed by atoms with E-state index in [9.17, 15) is 19.6 Å². The molecule has 0 aliphatic heterocycles. The van der Waals surface area contributed by atoms with E-state index in [1.54, 1.807) is 45.0 Å². The Balaban J connectivity index is 2.34. The summed E-state index contributed by atoms with van der Waals surface area (Å²) >= 11 is 0.995. The summed E-state index contributed by atoms with van der Waals surface area (Å²) in [6, 6.07) is 8.64. The first-order valence-electron chi connectivity index (χ1n) is 10.1. The van der Waals surface area contributed by atoms with Gasteiger partial charge in [-0.3, -0.25) is 4.79 Å². The van der Waals surface area contributed by atoms with Gasteiger partial charge >= 0.3 is 11.9 Å². The van der Waals surface area contributed by atoms with Crippen LogP contribution in [0.15, 0.2) is 29.8 Å². The van der Waals surface area contributed by atoms with Crippen LogP contribution in [-0.4, -0.2) is 37.5 Å². The summed E-state index contributed by atoms with van der Waals surface area (Å²) in [7, 11) is 0. The second-order valence-electron chi connectivity index (χ2n) is 6.63. The largest absolute Gasteiger partial charge is 0.481 e. The molecule has 170 valence electrons. The maximum Gasteiger partial charge on any atom is 0.348 e. The molecule has 0 N–H and O–H groups in total. The lowest BCUT2D eigenvalue weighted by Crippen LogP contribution is -2.12. The van der Waals surface area contributed by atoms with E-state index >= 15 is 0 Å². The molecule has 0 fully saturated rings. The molecular weight excluding hydrogens is 442 g/mol. The Labute approximate surface area is 196 Å². The van der Waals surface area contributed by atoms with Crippen molar-refractivity contribution in [2.45, 2.75) is 27.2 Å². The molecule has 0 radical (unpaired) electrons. The maximum absolute atomic E-state index is 12.9. The monoisotopic (exact) mass is 465 g/mol. The van der Waals surface area contributed by atoms with Gasteiger partial charge in [0.15, 0.2) is 5.78 Å². The van der Waals surface area contributed by atoms with Gasteiger partial charge < -0.3 is 14.2 Å². The molecule has 0 spiro atoms. The summed E-state index contributed by atoms with van der Waals surface area (Å²) in [6.07, 6.45) is 6.38. The molecular formula is C25H23NO6S. The first kappa shape index (κ1) is 25.4. The molecule has 0 aliphatic rings. The van der Waals surface area contributed by atoms with Gasteiger partial charge in [0, 0.05) is 11.3 Å². The molecule has 0 unspecified atom stereocenters. The Bertz CT molecular complexity index is 1150. The first-order valence-corrected chi connectivity index (χ1v) is 11.0. The fraction of sp³-hybridized carbons (Fsp3) is 0.280. The minimum absolute atomic E-state index is 0.0918. The highest BCUT2D eigenvalue weighted by atomic mass is 32.1. The molecule has 2 aromatic rings. The molecule has 8 heteroatoms. The molecule has 0 aliphatic carbocycles. The highest BCUT2D eigenvalue weighted by molar-refractivity contribution is 7.14. The van der Waals surface area contributed by atoms with E-state index in [0.29, 0.717) is 21.8 Å². The SMILES string of the molecule is C#CCOc1ccc(C=C(C#N)C(=O)Cc2sc(C(=O)OCC)c(C)c2C(=O)OCC)cc1. The second kappa shape index (κ2) is 12.2. The predicted octanol–water partition coefficient (Wildman–Crippen LogP) is 4.14. The highest BCUT2D eigenvalue weighted by Crippen LogP contribution is 2.31. The lowest BCUT2D eigenvalue weighted by Gasteiger charge is -2.05. The van der Waals surface area contributed by atoms with Crippen molar-refractivity contribution < 1.29 is 28.6 Å². The van der Waals surface area contributed by atoms with Gasteiger partial charge in [-0.1, -0.05) is 18.1 Å². The van der Waals surface area contributed by atoms with E-state index in [1.165, 1.54) is 6.08 Å². The van der Waals surface area contributed by atoms with Crippen LogP contribution in [0.3, 0.4) is 0 Å². The number of ketones is 1. The average molecular weight is 466 g/mol. The number of terminal acetylenes is 1. The molecule has 2 rings (SSSR count). The van der Waals surface area contributed by atoms with Crippen molar-refractivity contribution in [1.29, 1.82) is 5.26 Å². The molecule has 0 amide bonds. The Morgan fingerprint density at radius 2 is 1.73 bits per heavy atom. The van der Waals surface area contributed by atoms with Gasteiger partial charge in [0.05, 0.1) is 24.4 Å². The summed E-state index contributed by atoms with van der Waals surface area (Å²) in [4.78, 5) is 38.3. The third-order valence-electron chi connectivity index (χ3n) is 4.42. The number of carbonyl (C=O) groups is 3. The van der Waals surface area contributed by atoms with Crippen molar-refractivity contribution in [1.82, 2.24) is 0 Å². The molecule has 0 bridgehead atoms. The van der Waals surface area contributed by atoms with Crippen molar-refractivity contribution in [2.75, 3.05) is 19.8 Å². The average Bonchev–Trinajstić information content (AvgIpc) is 3.12. The van der Waals surface area contributed by atoms with Gasteiger partial charge in [0.2, 0.25) is 0 Å². The van der Waals surface area contributed by atoms with Gasteiger partial charge in [-0.2, -0.15) is 5.26 Å². The van der Waals surface area contributed by atoms with Gasteiger partial charge in [-0.15, -0.1) is 17.8 Å². The zero-order valence-corrected chi connectivity index (χ0v) is 19.4. The number of ether oxygens (including phenoxy) is 3. The third kappa shape index (κ3) is 6.55. The quantitative estimate of drug-likeness (QED) is 0.225. The van der Waals surface area contributed by atoms with Gasteiger partial charge in [0.1, 0.15) is 23.3 Å². The normalized spacial score (nSPS) is 10.6. The smallest absolute Gasteiger partial charge is 0.348 e. The maximum atomic E-state index is 12.9. The topological polar surface area (TPSA) is 103 Å². The number of benzene rings is 1. The van der Waals surface area contributed by atoms with Crippen LogP contribution in [0.25, 0.3) is 6.08 Å². The lowest BCUT2D eigenvalue weighted by atomic mass is 10.0. The third-order valence-corrected chi connectivity index (χ3v) is 5.69. The fourth-order valence-electron chi connectivity index (χ4n) is 2.93. The van der Waals surface area contributed by atoms with Crippen molar-refractivity contribution in [3.8, 4) is 24.2 Å². The number of rotatable bonds is 10. The Morgan fingerprint density at radius 1 is 1.09 bits per heavy atom. The highest BCUT2D eigenvalue weighted by Gasteiger charge is 2.27. The van der Waals surface area contributed by atoms with Crippen molar-refractivity contribution in [3.05, 3.63) is 56.3 Å². The summed E-state index contributed by atoms with van der Waals surface area (Å²) in [5.41, 5.74) is 1.08. The van der Waals surface area contributed by atoms with Gasteiger partial charge in [0.25, 0.3) is 0 Å². The van der Waals surface area contributed by atoms with Crippen LogP contribution in [-0.2, 0) is 20.7 Å². The zero-order chi connectivity index (χ0) is 24.4. The number of carbonyl (C=O) groups excluding carboxylic acids is 3. The second-order valence-corrected chi connectivity index (χ2v) is 7.73. The molecule has 0 saturated heterocycles. The van der Waals surface area contributed by atoms with E-state index in [2.05, 4.69) is 5.92 Å². The number of hydrogen-bond acceptors (Lipinski definition) is 8. The Kier molecular flexibility index (Phi) is 9.41. The number of Topliss-reactive ketones (excluding diaryl/α,β-unsaturated/α-hetero) is 1. The summed E-state index contributed by atoms with van der Waals surface area (Å²) < 4.78 is 15.5. The molecule has 1 aromatic heterocycles. The number of nitriles is 1. The number of thiophene rings is 1. The number of nitrogens with zero attached hydrogens (tertiary/aromatic N) is 1. The number of allylic oxidation sites excluding steroid dienone is 1. The molecule has 7 nitrogen and oxygen atoms in total. The molecule has 1 heterocycles.